The quantitative estimate of drug-likeness (QED) is 0.744. The summed E-state index contributed by atoms with van der Waals surface area (Å²) >= 11 is 7.00. The number of hydrogen-bond acceptors (Lipinski definition) is 5. The normalized spacial score (nSPS) is 10.5. The Balaban J connectivity index is 1.92. The van der Waals surface area contributed by atoms with Gasteiger partial charge in [0.1, 0.15) is 0 Å². The molecule has 0 aliphatic heterocycles. The molecule has 0 unspecified atom stereocenters. The number of carbonyl (C=O) groups is 2. The van der Waals surface area contributed by atoms with Crippen LogP contribution < -0.4 is 10.6 Å². The van der Waals surface area contributed by atoms with Crippen LogP contribution in [0.15, 0.2) is 17.4 Å². The summed E-state index contributed by atoms with van der Waals surface area (Å²) in [6.45, 7) is 2.23. The predicted molar refractivity (Wildman–Crippen MR) is 76.8 cm³/mol. The highest BCUT2D eigenvalue weighted by atomic mass is 35.5. The second-order valence-electron chi connectivity index (χ2n) is 3.76. The minimum absolute atomic E-state index is 0.0741. The van der Waals surface area contributed by atoms with Gasteiger partial charge in [-0.1, -0.05) is 23.4 Å². The lowest BCUT2D eigenvalue weighted by atomic mass is 10.4. The molecular weight excluding hydrogens is 302 g/mol. The molecule has 0 bridgehead atoms. The molecule has 0 aliphatic rings. The Labute approximate surface area is 123 Å². The van der Waals surface area contributed by atoms with Crippen molar-refractivity contribution in [1.82, 2.24) is 25.6 Å². The molecule has 9 heteroatoms. The van der Waals surface area contributed by atoms with Crippen molar-refractivity contribution in [3.8, 4) is 0 Å². The third-order valence-electron chi connectivity index (χ3n) is 2.21. The summed E-state index contributed by atoms with van der Waals surface area (Å²) < 4.78 is 0. The zero-order valence-electron chi connectivity index (χ0n) is 10.6. The van der Waals surface area contributed by atoms with Crippen LogP contribution in [0.5, 0.6) is 0 Å². The average Bonchev–Trinajstić information content (AvgIpc) is 2.78. The van der Waals surface area contributed by atoms with Crippen LogP contribution in [-0.4, -0.2) is 39.2 Å². The fourth-order valence-corrected chi connectivity index (χ4v) is 2.25. The van der Waals surface area contributed by atoms with E-state index in [1.807, 2.05) is 0 Å². The number of aromatic amines is 1. The van der Waals surface area contributed by atoms with Crippen LogP contribution in [0.1, 0.15) is 6.92 Å². The standard InChI is InChI=1S/C11H12ClN5O2S/c1-2-13-10(19)16-8(18)5-20-11-15-7-3-6(12)4-14-9(7)17-11/h3-4H,2,5H2,1H3,(H,14,15,17)(H2,13,16,18,19). The van der Waals surface area contributed by atoms with E-state index in [0.717, 1.165) is 0 Å². The summed E-state index contributed by atoms with van der Waals surface area (Å²) in [4.78, 5) is 33.9. The van der Waals surface area contributed by atoms with Gasteiger partial charge in [-0.05, 0) is 13.0 Å². The summed E-state index contributed by atoms with van der Waals surface area (Å²) in [6.07, 6.45) is 1.50. The van der Waals surface area contributed by atoms with Gasteiger partial charge in [0.05, 0.1) is 16.3 Å². The zero-order chi connectivity index (χ0) is 14.5. The number of nitrogens with one attached hydrogen (secondary N) is 3. The number of hydrogen-bond donors (Lipinski definition) is 3. The molecule has 20 heavy (non-hydrogen) atoms. The van der Waals surface area contributed by atoms with Gasteiger partial charge in [0.25, 0.3) is 0 Å². The molecule has 2 heterocycles. The fourth-order valence-electron chi connectivity index (χ4n) is 1.42. The maximum absolute atomic E-state index is 11.5. The van der Waals surface area contributed by atoms with Gasteiger partial charge in [0.15, 0.2) is 10.8 Å². The van der Waals surface area contributed by atoms with Crippen LogP contribution in [0.25, 0.3) is 11.2 Å². The molecule has 7 nitrogen and oxygen atoms in total. The van der Waals surface area contributed by atoms with Gasteiger partial charge in [-0.25, -0.2) is 14.8 Å². The van der Waals surface area contributed by atoms with Crippen LogP contribution >= 0.6 is 23.4 Å². The highest BCUT2D eigenvalue weighted by Gasteiger charge is 2.10. The molecule has 0 saturated heterocycles. The molecular formula is C11H12ClN5O2S. The Kier molecular flexibility index (Phi) is 4.80. The topological polar surface area (TPSA) is 99.8 Å². The first kappa shape index (κ1) is 14.6. The van der Waals surface area contributed by atoms with Crippen LogP contribution in [0.2, 0.25) is 5.02 Å². The van der Waals surface area contributed by atoms with E-state index in [1.165, 1.54) is 18.0 Å². The summed E-state index contributed by atoms with van der Waals surface area (Å²) in [5.41, 5.74) is 1.23. The molecule has 0 atom stereocenters. The van der Waals surface area contributed by atoms with Crippen LogP contribution in [0.4, 0.5) is 4.79 Å². The summed E-state index contributed by atoms with van der Waals surface area (Å²) in [7, 11) is 0. The molecule has 0 radical (unpaired) electrons. The van der Waals surface area contributed by atoms with Crippen LogP contribution in [-0.2, 0) is 4.79 Å². The van der Waals surface area contributed by atoms with Crippen molar-refractivity contribution in [3.63, 3.8) is 0 Å². The first-order valence-corrected chi connectivity index (χ1v) is 7.16. The molecule has 0 aliphatic carbocycles. The molecule has 2 rings (SSSR count). The lowest BCUT2D eigenvalue weighted by molar-refractivity contribution is -0.117. The minimum atomic E-state index is -0.504. The number of rotatable bonds is 4. The van der Waals surface area contributed by atoms with E-state index in [4.69, 9.17) is 11.6 Å². The average molecular weight is 314 g/mol. The van der Waals surface area contributed by atoms with Crippen LogP contribution in [0.3, 0.4) is 0 Å². The maximum Gasteiger partial charge on any atom is 0.321 e. The highest BCUT2D eigenvalue weighted by Crippen LogP contribution is 2.20. The van der Waals surface area contributed by atoms with Crippen molar-refractivity contribution < 1.29 is 9.59 Å². The number of amides is 3. The van der Waals surface area contributed by atoms with Gasteiger partial charge in [-0.15, -0.1) is 0 Å². The number of carbonyl (C=O) groups excluding carboxylic acids is 2. The number of thioether (sulfide) groups is 1. The minimum Gasteiger partial charge on any atom is -0.338 e. The van der Waals surface area contributed by atoms with Crippen molar-refractivity contribution in [3.05, 3.63) is 17.3 Å². The Morgan fingerprint density at radius 3 is 3.05 bits per heavy atom. The fraction of sp³-hybridized carbons (Fsp3) is 0.273. The summed E-state index contributed by atoms with van der Waals surface area (Å²) in [5.74, 6) is -0.322. The Morgan fingerprint density at radius 2 is 2.30 bits per heavy atom. The summed E-state index contributed by atoms with van der Waals surface area (Å²) in [6, 6.07) is 1.20. The number of urea groups is 1. The first-order chi connectivity index (χ1) is 9.58. The molecule has 0 fully saturated rings. The molecule has 0 aromatic carbocycles. The van der Waals surface area contributed by atoms with E-state index >= 15 is 0 Å². The van der Waals surface area contributed by atoms with Crippen molar-refractivity contribution >= 4 is 46.5 Å². The molecule has 0 spiro atoms. The van der Waals surface area contributed by atoms with Crippen molar-refractivity contribution in [2.45, 2.75) is 12.1 Å². The lowest BCUT2D eigenvalue weighted by Crippen LogP contribution is -2.40. The smallest absolute Gasteiger partial charge is 0.321 e. The van der Waals surface area contributed by atoms with E-state index < -0.39 is 11.9 Å². The number of imide groups is 1. The van der Waals surface area contributed by atoms with Gasteiger partial charge < -0.3 is 10.3 Å². The highest BCUT2D eigenvalue weighted by molar-refractivity contribution is 7.99. The Bertz CT molecular complexity index is 645. The zero-order valence-corrected chi connectivity index (χ0v) is 12.1. The molecule has 2 aromatic heterocycles. The number of aromatic nitrogens is 3. The van der Waals surface area contributed by atoms with E-state index in [2.05, 4.69) is 25.6 Å². The van der Waals surface area contributed by atoms with Gasteiger partial charge in [-0.2, -0.15) is 0 Å². The van der Waals surface area contributed by atoms with Gasteiger partial charge in [0, 0.05) is 12.7 Å². The van der Waals surface area contributed by atoms with E-state index in [1.54, 1.807) is 13.0 Å². The molecule has 2 aromatic rings. The number of nitrogens with zero attached hydrogens (tertiary/aromatic N) is 2. The van der Waals surface area contributed by atoms with E-state index in [-0.39, 0.29) is 5.75 Å². The van der Waals surface area contributed by atoms with Gasteiger partial charge >= 0.3 is 6.03 Å². The van der Waals surface area contributed by atoms with E-state index in [0.29, 0.717) is 27.9 Å². The third-order valence-corrected chi connectivity index (χ3v) is 3.29. The number of imidazole rings is 1. The number of H-pyrrole nitrogens is 1. The lowest BCUT2D eigenvalue weighted by Gasteiger charge is -2.03. The molecule has 106 valence electrons. The molecule has 3 amide bonds. The molecule has 3 N–H and O–H groups in total. The first-order valence-electron chi connectivity index (χ1n) is 5.80. The second kappa shape index (κ2) is 6.58. The Morgan fingerprint density at radius 1 is 1.50 bits per heavy atom. The largest absolute Gasteiger partial charge is 0.338 e. The van der Waals surface area contributed by atoms with Crippen molar-refractivity contribution in [1.29, 1.82) is 0 Å². The van der Waals surface area contributed by atoms with Crippen LogP contribution in [0, 0.1) is 0 Å². The SMILES string of the molecule is CCNC(=O)NC(=O)CSc1nc2ncc(Cl)cc2[nH]1. The monoisotopic (exact) mass is 313 g/mol. The maximum atomic E-state index is 11.5. The van der Waals surface area contributed by atoms with Crippen molar-refractivity contribution in [2.75, 3.05) is 12.3 Å². The van der Waals surface area contributed by atoms with Gasteiger partial charge in [0.2, 0.25) is 5.91 Å². The second-order valence-corrected chi connectivity index (χ2v) is 5.16. The summed E-state index contributed by atoms with van der Waals surface area (Å²) in [5, 5.41) is 5.73. The number of fused-ring (bicyclic) bond motifs is 1. The number of halogens is 1. The van der Waals surface area contributed by atoms with E-state index in [9.17, 15) is 9.59 Å². The van der Waals surface area contributed by atoms with Gasteiger partial charge in [-0.3, -0.25) is 10.1 Å². The van der Waals surface area contributed by atoms with Crippen molar-refractivity contribution in [2.24, 2.45) is 0 Å². The molecule has 0 saturated carbocycles. The predicted octanol–water partition coefficient (Wildman–Crippen LogP) is 1.55. The third kappa shape index (κ3) is 3.84. The Hall–Kier alpha value is -1.80. The number of pyridine rings is 1.